The maximum absolute atomic E-state index is 11.8. The Morgan fingerprint density at radius 1 is 1.37 bits per heavy atom. The van der Waals surface area contributed by atoms with Crippen molar-refractivity contribution in [2.45, 2.75) is 58.8 Å². The van der Waals surface area contributed by atoms with E-state index in [-0.39, 0.29) is 12.1 Å². The Morgan fingerprint density at radius 3 is 2.37 bits per heavy atom. The van der Waals surface area contributed by atoms with E-state index in [0.717, 1.165) is 5.57 Å². The fourth-order valence-electron chi connectivity index (χ4n) is 1.33. The molecule has 2 N–H and O–H groups in total. The van der Waals surface area contributed by atoms with Gasteiger partial charge in [0.05, 0.1) is 6.10 Å². The van der Waals surface area contributed by atoms with Crippen LogP contribution >= 0.6 is 0 Å². The zero-order chi connectivity index (χ0) is 15.1. The molecule has 4 heteroatoms. The standard InChI is InChI=1S/C15H27NO3/c1-7-12(9-8-11(2)18-6)10-13(16)14(17)19-15(3,4)5/h7-9,11,13H,10,16H2,1-6H3/b9-8-,12-7+. The molecule has 0 fully saturated rings. The van der Waals surface area contributed by atoms with Gasteiger partial charge in [-0.05, 0) is 41.0 Å². The Hall–Kier alpha value is -1.13. The number of carbonyl (C=O) groups is 1. The summed E-state index contributed by atoms with van der Waals surface area (Å²) in [4.78, 5) is 11.8. The largest absolute Gasteiger partial charge is 0.459 e. The van der Waals surface area contributed by atoms with Gasteiger partial charge in [0, 0.05) is 7.11 Å². The molecule has 0 spiro atoms. The van der Waals surface area contributed by atoms with E-state index < -0.39 is 11.6 Å². The van der Waals surface area contributed by atoms with Gasteiger partial charge in [-0.25, -0.2) is 0 Å². The van der Waals surface area contributed by atoms with Crippen LogP contribution in [0.2, 0.25) is 0 Å². The number of hydrogen-bond donors (Lipinski definition) is 1. The second-order valence-electron chi connectivity index (χ2n) is 5.51. The van der Waals surface area contributed by atoms with E-state index in [1.807, 2.05) is 52.8 Å². The van der Waals surface area contributed by atoms with Gasteiger partial charge in [0.25, 0.3) is 0 Å². The highest BCUT2D eigenvalue weighted by molar-refractivity contribution is 5.76. The summed E-state index contributed by atoms with van der Waals surface area (Å²) in [7, 11) is 1.65. The lowest BCUT2D eigenvalue weighted by Crippen LogP contribution is -2.37. The van der Waals surface area contributed by atoms with E-state index in [0.29, 0.717) is 6.42 Å². The highest BCUT2D eigenvalue weighted by atomic mass is 16.6. The molecule has 0 bridgehead atoms. The number of rotatable bonds is 6. The minimum Gasteiger partial charge on any atom is -0.459 e. The molecule has 0 amide bonds. The summed E-state index contributed by atoms with van der Waals surface area (Å²) in [6.07, 6.45) is 6.28. The summed E-state index contributed by atoms with van der Waals surface area (Å²) in [5, 5.41) is 0. The molecule has 0 rings (SSSR count). The van der Waals surface area contributed by atoms with Gasteiger partial charge in [-0.15, -0.1) is 0 Å². The number of hydrogen-bond acceptors (Lipinski definition) is 4. The van der Waals surface area contributed by atoms with E-state index >= 15 is 0 Å². The lowest BCUT2D eigenvalue weighted by Gasteiger charge is -2.22. The van der Waals surface area contributed by atoms with E-state index in [1.165, 1.54) is 0 Å². The summed E-state index contributed by atoms with van der Waals surface area (Å²) < 4.78 is 10.4. The number of ether oxygens (including phenoxy) is 2. The van der Waals surface area contributed by atoms with Crippen molar-refractivity contribution in [3.8, 4) is 0 Å². The minimum absolute atomic E-state index is 0.0349. The lowest BCUT2D eigenvalue weighted by molar-refractivity contribution is -0.156. The van der Waals surface area contributed by atoms with E-state index in [2.05, 4.69) is 0 Å². The van der Waals surface area contributed by atoms with Gasteiger partial charge < -0.3 is 15.2 Å². The fourth-order valence-corrected chi connectivity index (χ4v) is 1.33. The van der Waals surface area contributed by atoms with Crippen LogP contribution in [0.25, 0.3) is 0 Å². The van der Waals surface area contributed by atoms with Crippen LogP contribution in [-0.2, 0) is 14.3 Å². The van der Waals surface area contributed by atoms with Crippen molar-refractivity contribution in [2.75, 3.05) is 7.11 Å². The van der Waals surface area contributed by atoms with Gasteiger partial charge >= 0.3 is 5.97 Å². The van der Waals surface area contributed by atoms with Crippen molar-refractivity contribution in [1.29, 1.82) is 0 Å². The Morgan fingerprint density at radius 2 is 1.95 bits per heavy atom. The molecular weight excluding hydrogens is 242 g/mol. The quantitative estimate of drug-likeness (QED) is 0.594. The monoisotopic (exact) mass is 269 g/mol. The number of allylic oxidation sites excluding steroid dienone is 2. The van der Waals surface area contributed by atoms with E-state index in [1.54, 1.807) is 7.11 Å². The summed E-state index contributed by atoms with van der Waals surface area (Å²) in [5.41, 5.74) is 6.34. The first-order chi connectivity index (χ1) is 8.69. The van der Waals surface area contributed by atoms with E-state index in [9.17, 15) is 4.79 Å². The highest BCUT2D eigenvalue weighted by Gasteiger charge is 2.22. The first kappa shape index (κ1) is 17.9. The van der Waals surface area contributed by atoms with Gasteiger partial charge in [-0.1, -0.05) is 23.8 Å². The van der Waals surface area contributed by atoms with Crippen LogP contribution in [0.4, 0.5) is 0 Å². The smallest absolute Gasteiger partial charge is 0.323 e. The zero-order valence-electron chi connectivity index (χ0n) is 12.9. The fraction of sp³-hybridized carbons (Fsp3) is 0.667. The zero-order valence-corrected chi connectivity index (χ0v) is 12.9. The average molecular weight is 269 g/mol. The third-order valence-corrected chi connectivity index (χ3v) is 2.49. The van der Waals surface area contributed by atoms with Crippen LogP contribution in [0.1, 0.15) is 41.0 Å². The molecular formula is C15H27NO3. The number of methoxy groups -OCH3 is 1. The number of nitrogens with two attached hydrogens (primary N) is 1. The molecule has 19 heavy (non-hydrogen) atoms. The maximum atomic E-state index is 11.8. The SMILES string of the molecule is C/C=C(\C=C/C(C)OC)CC(N)C(=O)OC(C)(C)C. The second-order valence-corrected chi connectivity index (χ2v) is 5.51. The Bertz CT molecular complexity index is 340. The molecule has 0 aliphatic heterocycles. The predicted octanol–water partition coefficient (Wildman–Crippen LogP) is 2.58. The molecule has 4 nitrogen and oxygen atoms in total. The summed E-state index contributed by atoms with van der Waals surface area (Å²) in [6.45, 7) is 9.34. The Labute approximate surface area is 116 Å². The van der Waals surface area contributed by atoms with Crippen molar-refractivity contribution < 1.29 is 14.3 Å². The molecule has 0 radical (unpaired) electrons. The van der Waals surface area contributed by atoms with Crippen molar-refractivity contribution in [3.63, 3.8) is 0 Å². The third-order valence-electron chi connectivity index (χ3n) is 2.49. The Kier molecular flexibility index (Phi) is 7.64. The predicted molar refractivity (Wildman–Crippen MR) is 77.8 cm³/mol. The van der Waals surface area contributed by atoms with Crippen LogP contribution in [0.3, 0.4) is 0 Å². The Balaban J connectivity index is 4.48. The molecule has 0 heterocycles. The van der Waals surface area contributed by atoms with Gasteiger partial charge in [0.2, 0.25) is 0 Å². The first-order valence-electron chi connectivity index (χ1n) is 6.54. The molecule has 0 saturated heterocycles. The van der Waals surface area contributed by atoms with Crippen molar-refractivity contribution in [3.05, 3.63) is 23.8 Å². The lowest BCUT2D eigenvalue weighted by atomic mass is 10.1. The highest BCUT2D eigenvalue weighted by Crippen LogP contribution is 2.12. The summed E-state index contributed by atoms with van der Waals surface area (Å²) >= 11 is 0. The molecule has 0 aliphatic rings. The molecule has 0 aromatic rings. The first-order valence-corrected chi connectivity index (χ1v) is 6.54. The van der Waals surface area contributed by atoms with Gasteiger partial charge in [-0.2, -0.15) is 0 Å². The van der Waals surface area contributed by atoms with Crippen LogP contribution in [0, 0.1) is 0 Å². The minimum atomic E-state index is -0.645. The molecule has 0 aromatic carbocycles. The van der Waals surface area contributed by atoms with Crippen LogP contribution < -0.4 is 5.73 Å². The second kappa shape index (κ2) is 8.12. The van der Waals surface area contributed by atoms with Crippen LogP contribution in [0.15, 0.2) is 23.8 Å². The number of carbonyl (C=O) groups excluding carboxylic acids is 1. The normalized spacial score (nSPS) is 16.5. The molecule has 2 atom stereocenters. The van der Waals surface area contributed by atoms with Gasteiger partial charge in [0.1, 0.15) is 11.6 Å². The summed E-state index contributed by atoms with van der Waals surface area (Å²) in [6, 6.07) is -0.645. The molecule has 2 unspecified atom stereocenters. The molecule has 0 aliphatic carbocycles. The van der Waals surface area contributed by atoms with Crippen molar-refractivity contribution >= 4 is 5.97 Å². The van der Waals surface area contributed by atoms with E-state index in [4.69, 9.17) is 15.2 Å². The summed E-state index contributed by atoms with van der Waals surface area (Å²) in [5.74, 6) is -0.375. The third kappa shape index (κ3) is 8.56. The van der Waals surface area contributed by atoms with Gasteiger partial charge in [0.15, 0.2) is 0 Å². The topological polar surface area (TPSA) is 61.5 Å². The number of esters is 1. The van der Waals surface area contributed by atoms with Crippen LogP contribution in [-0.4, -0.2) is 30.8 Å². The molecule has 110 valence electrons. The van der Waals surface area contributed by atoms with Gasteiger partial charge in [-0.3, -0.25) is 4.79 Å². The van der Waals surface area contributed by atoms with Crippen molar-refractivity contribution in [1.82, 2.24) is 0 Å². The van der Waals surface area contributed by atoms with Crippen LogP contribution in [0.5, 0.6) is 0 Å². The molecule has 0 aromatic heterocycles. The molecule has 0 saturated carbocycles. The van der Waals surface area contributed by atoms with Crippen molar-refractivity contribution in [2.24, 2.45) is 5.73 Å². The maximum Gasteiger partial charge on any atom is 0.323 e. The average Bonchev–Trinajstić information content (AvgIpc) is 2.31.